The molecular formula is C10H17NO3. The molecule has 1 aliphatic heterocycles. The van der Waals surface area contributed by atoms with Crippen molar-refractivity contribution in [3.05, 3.63) is 0 Å². The molecule has 0 amide bonds. The normalized spacial score (nSPS) is 39.1. The number of morpholine rings is 1. The minimum absolute atomic E-state index is 0.166. The molecule has 1 saturated heterocycles. The molecule has 3 atom stereocenters. The SMILES string of the molecule is CN1CCOC2CCC(C(=O)O)CC21. The molecule has 4 nitrogen and oxygen atoms in total. The first kappa shape index (κ1) is 9.93. The van der Waals surface area contributed by atoms with Crippen LogP contribution < -0.4 is 0 Å². The van der Waals surface area contributed by atoms with E-state index in [4.69, 9.17) is 9.84 Å². The minimum Gasteiger partial charge on any atom is -0.481 e. The Balaban J connectivity index is 2.01. The van der Waals surface area contributed by atoms with Crippen molar-refractivity contribution < 1.29 is 14.6 Å². The van der Waals surface area contributed by atoms with E-state index in [1.54, 1.807) is 0 Å². The molecule has 0 aromatic carbocycles. The number of aliphatic carboxylic acids is 1. The van der Waals surface area contributed by atoms with Gasteiger partial charge in [-0.15, -0.1) is 0 Å². The topological polar surface area (TPSA) is 49.8 Å². The molecule has 1 aliphatic carbocycles. The molecule has 0 radical (unpaired) electrons. The first-order chi connectivity index (χ1) is 6.68. The average molecular weight is 199 g/mol. The van der Waals surface area contributed by atoms with Crippen molar-refractivity contribution >= 4 is 5.97 Å². The maximum Gasteiger partial charge on any atom is 0.306 e. The highest BCUT2D eigenvalue weighted by Gasteiger charge is 2.38. The van der Waals surface area contributed by atoms with Crippen molar-refractivity contribution in [2.75, 3.05) is 20.2 Å². The van der Waals surface area contributed by atoms with E-state index >= 15 is 0 Å². The predicted octanol–water partition coefficient (Wildman–Crippen LogP) is 0.570. The van der Waals surface area contributed by atoms with Crippen LogP contribution in [-0.2, 0) is 9.53 Å². The van der Waals surface area contributed by atoms with Crippen LogP contribution in [0.4, 0.5) is 0 Å². The zero-order valence-corrected chi connectivity index (χ0v) is 8.48. The lowest BCUT2D eigenvalue weighted by atomic mass is 9.82. The molecule has 2 fully saturated rings. The van der Waals surface area contributed by atoms with E-state index in [9.17, 15) is 4.79 Å². The van der Waals surface area contributed by atoms with E-state index in [-0.39, 0.29) is 12.0 Å². The number of fused-ring (bicyclic) bond motifs is 1. The molecule has 14 heavy (non-hydrogen) atoms. The summed E-state index contributed by atoms with van der Waals surface area (Å²) in [6, 6.07) is 0.318. The Bertz CT molecular complexity index is 231. The Hall–Kier alpha value is -0.610. The lowest BCUT2D eigenvalue weighted by Gasteiger charge is -2.43. The third kappa shape index (κ3) is 1.77. The summed E-state index contributed by atoms with van der Waals surface area (Å²) < 4.78 is 5.65. The van der Waals surface area contributed by atoms with Gasteiger partial charge in [0.15, 0.2) is 0 Å². The lowest BCUT2D eigenvalue weighted by molar-refractivity contribution is -0.148. The van der Waals surface area contributed by atoms with E-state index in [2.05, 4.69) is 11.9 Å². The summed E-state index contributed by atoms with van der Waals surface area (Å²) >= 11 is 0. The average Bonchev–Trinajstić information content (AvgIpc) is 2.18. The third-order valence-corrected chi connectivity index (χ3v) is 3.45. The second-order valence-corrected chi connectivity index (χ2v) is 4.31. The van der Waals surface area contributed by atoms with Crippen molar-refractivity contribution in [1.82, 2.24) is 4.90 Å². The van der Waals surface area contributed by atoms with Gasteiger partial charge in [0.05, 0.1) is 18.6 Å². The Morgan fingerprint density at radius 1 is 1.50 bits per heavy atom. The fourth-order valence-corrected chi connectivity index (χ4v) is 2.52. The van der Waals surface area contributed by atoms with E-state index in [0.29, 0.717) is 6.04 Å². The molecule has 1 heterocycles. The number of carboxylic acids is 1. The molecule has 3 unspecified atom stereocenters. The van der Waals surface area contributed by atoms with Gasteiger partial charge in [-0.2, -0.15) is 0 Å². The van der Waals surface area contributed by atoms with Gasteiger partial charge in [-0.05, 0) is 26.3 Å². The largest absolute Gasteiger partial charge is 0.481 e. The monoisotopic (exact) mass is 199 g/mol. The zero-order chi connectivity index (χ0) is 10.1. The van der Waals surface area contributed by atoms with Gasteiger partial charge in [0.2, 0.25) is 0 Å². The van der Waals surface area contributed by atoms with Gasteiger partial charge in [0, 0.05) is 12.6 Å². The first-order valence-electron chi connectivity index (χ1n) is 5.23. The number of likely N-dealkylation sites (N-methyl/N-ethyl adjacent to an activating group) is 1. The summed E-state index contributed by atoms with van der Waals surface area (Å²) in [4.78, 5) is 13.1. The van der Waals surface area contributed by atoms with Crippen molar-refractivity contribution in [2.45, 2.75) is 31.4 Å². The standard InChI is InChI=1S/C10H17NO3/c1-11-4-5-14-9-3-2-7(10(12)13)6-8(9)11/h7-9H,2-6H2,1H3,(H,12,13). The molecule has 2 rings (SSSR count). The maximum absolute atomic E-state index is 10.9. The summed E-state index contributed by atoms with van der Waals surface area (Å²) in [6.07, 6.45) is 2.68. The van der Waals surface area contributed by atoms with E-state index in [1.165, 1.54) is 0 Å². The second-order valence-electron chi connectivity index (χ2n) is 4.31. The van der Waals surface area contributed by atoms with Crippen LogP contribution in [0.15, 0.2) is 0 Å². The molecular weight excluding hydrogens is 182 g/mol. The number of nitrogens with zero attached hydrogens (tertiary/aromatic N) is 1. The Labute approximate surface area is 83.8 Å². The highest BCUT2D eigenvalue weighted by atomic mass is 16.5. The molecule has 0 aromatic rings. The predicted molar refractivity (Wildman–Crippen MR) is 51.1 cm³/mol. The van der Waals surface area contributed by atoms with Crippen LogP contribution in [0.2, 0.25) is 0 Å². The highest BCUT2D eigenvalue weighted by Crippen LogP contribution is 2.31. The van der Waals surface area contributed by atoms with Gasteiger partial charge in [0.1, 0.15) is 0 Å². The van der Waals surface area contributed by atoms with Crippen LogP contribution in [0.1, 0.15) is 19.3 Å². The molecule has 2 aliphatic rings. The molecule has 0 aromatic heterocycles. The summed E-state index contributed by atoms with van der Waals surface area (Å²) in [7, 11) is 2.06. The number of carboxylic acid groups (broad SMARTS) is 1. The number of hydrogen-bond acceptors (Lipinski definition) is 3. The van der Waals surface area contributed by atoms with Crippen LogP contribution in [0.3, 0.4) is 0 Å². The van der Waals surface area contributed by atoms with Crippen LogP contribution in [0.25, 0.3) is 0 Å². The fourth-order valence-electron chi connectivity index (χ4n) is 2.52. The molecule has 4 heteroatoms. The summed E-state index contributed by atoms with van der Waals surface area (Å²) in [5, 5.41) is 8.96. The number of hydrogen-bond donors (Lipinski definition) is 1. The number of carbonyl (C=O) groups is 1. The Morgan fingerprint density at radius 3 is 3.00 bits per heavy atom. The Morgan fingerprint density at radius 2 is 2.29 bits per heavy atom. The minimum atomic E-state index is -0.651. The van der Waals surface area contributed by atoms with Crippen LogP contribution in [0.5, 0.6) is 0 Å². The first-order valence-corrected chi connectivity index (χ1v) is 5.23. The maximum atomic E-state index is 10.9. The van der Waals surface area contributed by atoms with Crippen molar-refractivity contribution in [3.8, 4) is 0 Å². The quantitative estimate of drug-likeness (QED) is 0.670. The lowest BCUT2D eigenvalue weighted by Crippen LogP contribution is -2.52. The third-order valence-electron chi connectivity index (χ3n) is 3.45. The van der Waals surface area contributed by atoms with Gasteiger partial charge < -0.3 is 9.84 Å². The van der Waals surface area contributed by atoms with Gasteiger partial charge in [-0.3, -0.25) is 9.69 Å². The summed E-state index contributed by atoms with van der Waals surface area (Å²) in [5.41, 5.74) is 0. The smallest absolute Gasteiger partial charge is 0.306 e. The van der Waals surface area contributed by atoms with Crippen LogP contribution in [0, 0.1) is 5.92 Å². The molecule has 1 N–H and O–H groups in total. The van der Waals surface area contributed by atoms with Crippen molar-refractivity contribution in [1.29, 1.82) is 0 Å². The summed E-state index contributed by atoms with van der Waals surface area (Å²) in [6.45, 7) is 1.71. The van der Waals surface area contributed by atoms with Crippen LogP contribution >= 0.6 is 0 Å². The van der Waals surface area contributed by atoms with E-state index in [0.717, 1.165) is 32.4 Å². The molecule has 0 spiro atoms. The van der Waals surface area contributed by atoms with Crippen molar-refractivity contribution in [2.24, 2.45) is 5.92 Å². The van der Waals surface area contributed by atoms with Crippen molar-refractivity contribution in [3.63, 3.8) is 0 Å². The molecule has 80 valence electrons. The Kier molecular flexibility index (Phi) is 2.74. The van der Waals surface area contributed by atoms with Gasteiger partial charge in [-0.1, -0.05) is 0 Å². The van der Waals surface area contributed by atoms with Gasteiger partial charge >= 0.3 is 5.97 Å². The summed E-state index contributed by atoms with van der Waals surface area (Å²) in [5.74, 6) is -0.817. The zero-order valence-electron chi connectivity index (χ0n) is 8.48. The van der Waals surface area contributed by atoms with Gasteiger partial charge in [-0.25, -0.2) is 0 Å². The fraction of sp³-hybridized carbons (Fsp3) is 0.900. The highest BCUT2D eigenvalue weighted by molar-refractivity contribution is 5.70. The van der Waals surface area contributed by atoms with Gasteiger partial charge in [0.25, 0.3) is 0 Å². The molecule has 1 saturated carbocycles. The number of rotatable bonds is 1. The van der Waals surface area contributed by atoms with E-state index < -0.39 is 5.97 Å². The van der Waals surface area contributed by atoms with E-state index in [1.807, 2.05) is 0 Å². The number of ether oxygens (including phenoxy) is 1. The van der Waals surface area contributed by atoms with Crippen LogP contribution in [-0.4, -0.2) is 48.3 Å². The second kappa shape index (κ2) is 3.87. The molecule has 0 bridgehead atoms.